The van der Waals surface area contributed by atoms with Crippen LogP contribution >= 0.6 is 0 Å². The van der Waals surface area contributed by atoms with Crippen LogP contribution in [0.5, 0.6) is 0 Å². The first-order valence-corrected chi connectivity index (χ1v) is 9.29. The lowest BCUT2D eigenvalue weighted by Gasteiger charge is -2.13. The van der Waals surface area contributed by atoms with Gasteiger partial charge in [0.2, 0.25) is 11.9 Å². The number of aryl methyl sites for hydroxylation is 3. The number of anilines is 5. The standard InChI is InChI=1S/C22H25N5O/c1-5-20(28)24-18-10-9-15(3)19(12-18)26-22-23-13-16(4)21(27-22)25-17-8-6-7-14(2)11-17/h6-13H,5H2,1-4H3,(H,24,28)(H2,23,25,26,27). The number of benzene rings is 2. The Kier molecular flexibility index (Phi) is 5.89. The topological polar surface area (TPSA) is 78.9 Å². The molecule has 0 aliphatic heterocycles. The molecule has 3 N–H and O–H groups in total. The Labute approximate surface area is 165 Å². The van der Waals surface area contributed by atoms with Crippen LogP contribution < -0.4 is 16.0 Å². The second kappa shape index (κ2) is 8.52. The van der Waals surface area contributed by atoms with Crippen molar-refractivity contribution in [3.05, 3.63) is 65.4 Å². The Morgan fingerprint density at radius 2 is 1.79 bits per heavy atom. The number of hydrogen-bond donors (Lipinski definition) is 3. The van der Waals surface area contributed by atoms with E-state index in [1.807, 2.05) is 51.1 Å². The molecule has 0 bridgehead atoms. The lowest BCUT2D eigenvalue weighted by atomic mass is 10.1. The van der Waals surface area contributed by atoms with Gasteiger partial charge in [-0.15, -0.1) is 0 Å². The first-order valence-electron chi connectivity index (χ1n) is 9.29. The van der Waals surface area contributed by atoms with Crippen LogP contribution in [-0.2, 0) is 4.79 Å². The fourth-order valence-electron chi connectivity index (χ4n) is 2.69. The van der Waals surface area contributed by atoms with Crippen molar-refractivity contribution in [3.8, 4) is 0 Å². The third kappa shape index (κ3) is 4.85. The zero-order valence-corrected chi connectivity index (χ0v) is 16.6. The molecule has 144 valence electrons. The molecular weight excluding hydrogens is 350 g/mol. The Morgan fingerprint density at radius 1 is 0.964 bits per heavy atom. The minimum atomic E-state index is -0.0222. The van der Waals surface area contributed by atoms with Crippen molar-refractivity contribution in [1.82, 2.24) is 9.97 Å². The summed E-state index contributed by atoms with van der Waals surface area (Å²) in [6, 6.07) is 13.9. The summed E-state index contributed by atoms with van der Waals surface area (Å²) in [5.41, 5.74) is 5.73. The highest BCUT2D eigenvalue weighted by molar-refractivity contribution is 5.91. The number of carbonyl (C=O) groups excluding carboxylic acids is 1. The van der Waals surface area contributed by atoms with Gasteiger partial charge in [-0.3, -0.25) is 4.79 Å². The van der Waals surface area contributed by atoms with E-state index in [0.29, 0.717) is 12.4 Å². The van der Waals surface area contributed by atoms with Gasteiger partial charge in [-0.25, -0.2) is 4.98 Å². The number of carbonyl (C=O) groups is 1. The molecule has 0 aliphatic carbocycles. The lowest BCUT2D eigenvalue weighted by Crippen LogP contribution is -2.10. The normalized spacial score (nSPS) is 10.4. The second-order valence-corrected chi connectivity index (χ2v) is 6.78. The van der Waals surface area contributed by atoms with E-state index >= 15 is 0 Å². The fourth-order valence-corrected chi connectivity index (χ4v) is 2.69. The van der Waals surface area contributed by atoms with Crippen molar-refractivity contribution in [2.24, 2.45) is 0 Å². The average molecular weight is 375 g/mol. The number of rotatable bonds is 6. The first kappa shape index (κ1) is 19.4. The zero-order valence-electron chi connectivity index (χ0n) is 16.6. The van der Waals surface area contributed by atoms with Crippen LogP contribution in [0.25, 0.3) is 0 Å². The van der Waals surface area contributed by atoms with Gasteiger partial charge in [-0.1, -0.05) is 25.1 Å². The Bertz CT molecular complexity index is 1000. The van der Waals surface area contributed by atoms with Gasteiger partial charge in [0, 0.05) is 35.2 Å². The number of amides is 1. The summed E-state index contributed by atoms with van der Waals surface area (Å²) in [5.74, 6) is 1.21. The van der Waals surface area contributed by atoms with E-state index < -0.39 is 0 Å². The van der Waals surface area contributed by atoms with E-state index in [-0.39, 0.29) is 5.91 Å². The number of nitrogens with one attached hydrogen (secondary N) is 3. The summed E-state index contributed by atoms with van der Waals surface area (Å²) >= 11 is 0. The van der Waals surface area contributed by atoms with Crippen molar-refractivity contribution >= 4 is 34.7 Å². The van der Waals surface area contributed by atoms with Gasteiger partial charge in [-0.05, 0) is 56.2 Å². The predicted octanol–water partition coefficient (Wildman–Crippen LogP) is 5.24. The Morgan fingerprint density at radius 3 is 2.54 bits per heavy atom. The molecule has 1 heterocycles. The van der Waals surface area contributed by atoms with Gasteiger partial charge in [0.25, 0.3) is 0 Å². The lowest BCUT2D eigenvalue weighted by molar-refractivity contribution is -0.115. The van der Waals surface area contributed by atoms with Crippen LogP contribution in [0.3, 0.4) is 0 Å². The van der Waals surface area contributed by atoms with E-state index in [4.69, 9.17) is 0 Å². The van der Waals surface area contributed by atoms with Crippen LogP contribution in [0.15, 0.2) is 48.7 Å². The fraction of sp³-hybridized carbons (Fsp3) is 0.227. The number of nitrogens with zero attached hydrogens (tertiary/aromatic N) is 2. The molecule has 0 spiro atoms. The minimum Gasteiger partial charge on any atom is -0.340 e. The summed E-state index contributed by atoms with van der Waals surface area (Å²) < 4.78 is 0. The van der Waals surface area contributed by atoms with Crippen LogP contribution in [0.4, 0.5) is 28.8 Å². The predicted molar refractivity (Wildman–Crippen MR) is 115 cm³/mol. The van der Waals surface area contributed by atoms with Crippen molar-refractivity contribution in [1.29, 1.82) is 0 Å². The van der Waals surface area contributed by atoms with Crippen LogP contribution in [0.1, 0.15) is 30.0 Å². The van der Waals surface area contributed by atoms with Crippen molar-refractivity contribution in [3.63, 3.8) is 0 Å². The highest BCUT2D eigenvalue weighted by atomic mass is 16.1. The van der Waals surface area contributed by atoms with E-state index in [1.54, 1.807) is 6.20 Å². The van der Waals surface area contributed by atoms with Gasteiger partial charge in [0.1, 0.15) is 5.82 Å². The number of hydrogen-bond acceptors (Lipinski definition) is 5. The Balaban J connectivity index is 1.83. The molecule has 2 aromatic carbocycles. The summed E-state index contributed by atoms with van der Waals surface area (Å²) in [7, 11) is 0. The molecule has 6 nitrogen and oxygen atoms in total. The second-order valence-electron chi connectivity index (χ2n) is 6.78. The zero-order chi connectivity index (χ0) is 20.1. The number of aromatic nitrogens is 2. The molecule has 3 aromatic rings. The van der Waals surface area contributed by atoms with Crippen LogP contribution in [0.2, 0.25) is 0 Å². The average Bonchev–Trinajstić information content (AvgIpc) is 2.67. The summed E-state index contributed by atoms with van der Waals surface area (Å²) in [6.07, 6.45) is 2.22. The van der Waals surface area contributed by atoms with Crippen LogP contribution in [-0.4, -0.2) is 15.9 Å². The Hall–Kier alpha value is -3.41. The highest BCUT2D eigenvalue weighted by Crippen LogP contribution is 2.25. The van der Waals surface area contributed by atoms with Gasteiger partial charge >= 0.3 is 0 Å². The molecule has 0 fully saturated rings. The molecule has 0 saturated heterocycles. The molecule has 0 unspecified atom stereocenters. The molecule has 3 rings (SSSR count). The quantitative estimate of drug-likeness (QED) is 0.549. The third-order valence-electron chi connectivity index (χ3n) is 4.34. The molecule has 6 heteroatoms. The monoisotopic (exact) mass is 375 g/mol. The van der Waals surface area contributed by atoms with Gasteiger partial charge in [-0.2, -0.15) is 4.98 Å². The van der Waals surface area contributed by atoms with Gasteiger partial charge in [0.15, 0.2) is 0 Å². The van der Waals surface area contributed by atoms with Crippen molar-refractivity contribution < 1.29 is 4.79 Å². The summed E-state index contributed by atoms with van der Waals surface area (Å²) in [5, 5.41) is 9.48. The minimum absolute atomic E-state index is 0.0222. The molecular formula is C22H25N5O. The smallest absolute Gasteiger partial charge is 0.229 e. The molecule has 0 saturated carbocycles. The van der Waals surface area contributed by atoms with Crippen molar-refractivity contribution in [2.75, 3.05) is 16.0 Å². The summed E-state index contributed by atoms with van der Waals surface area (Å²) in [6.45, 7) is 7.84. The molecule has 0 aliphatic rings. The van der Waals surface area contributed by atoms with E-state index in [2.05, 4.69) is 45.0 Å². The van der Waals surface area contributed by atoms with Gasteiger partial charge < -0.3 is 16.0 Å². The van der Waals surface area contributed by atoms with Gasteiger partial charge in [0.05, 0.1) is 0 Å². The molecule has 0 radical (unpaired) electrons. The third-order valence-corrected chi connectivity index (χ3v) is 4.34. The van der Waals surface area contributed by atoms with E-state index in [1.165, 1.54) is 5.56 Å². The maximum absolute atomic E-state index is 11.7. The molecule has 1 amide bonds. The maximum atomic E-state index is 11.7. The molecule has 28 heavy (non-hydrogen) atoms. The SMILES string of the molecule is CCC(=O)Nc1ccc(C)c(Nc2ncc(C)c(Nc3cccc(C)c3)n2)c1. The highest BCUT2D eigenvalue weighted by Gasteiger charge is 2.08. The van der Waals surface area contributed by atoms with E-state index in [9.17, 15) is 4.79 Å². The maximum Gasteiger partial charge on any atom is 0.229 e. The summed E-state index contributed by atoms with van der Waals surface area (Å²) in [4.78, 5) is 20.7. The molecule has 0 atom stereocenters. The van der Waals surface area contributed by atoms with Crippen molar-refractivity contribution in [2.45, 2.75) is 34.1 Å². The largest absolute Gasteiger partial charge is 0.340 e. The van der Waals surface area contributed by atoms with Crippen LogP contribution in [0, 0.1) is 20.8 Å². The first-order chi connectivity index (χ1) is 13.4. The van der Waals surface area contributed by atoms with E-state index in [0.717, 1.165) is 34.0 Å². The molecule has 1 aromatic heterocycles.